The number of fused-ring (bicyclic) bond motifs is 2. The number of hydrogen-bond acceptors (Lipinski definition) is 4. The summed E-state index contributed by atoms with van der Waals surface area (Å²) in [6, 6.07) is 30.9. The van der Waals surface area contributed by atoms with Crippen molar-refractivity contribution in [1.29, 1.82) is 0 Å². The molecule has 4 aromatic rings. The summed E-state index contributed by atoms with van der Waals surface area (Å²) in [5, 5.41) is 11.5. The van der Waals surface area contributed by atoms with Gasteiger partial charge in [-0.3, -0.25) is 0 Å². The summed E-state index contributed by atoms with van der Waals surface area (Å²) in [7, 11) is 0. The lowest BCUT2D eigenvalue weighted by Gasteiger charge is -2.36. The van der Waals surface area contributed by atoms with Crippen molar-refractivity contribution in [3.05, 3.63) is 96.6 Å². The first kappa shape index (κ1) is 26.4. The highest BCUT2D eigenvalue weighted by Gasteiger charge is 2.26. The number of rotatable bonds is 9. The largest absolute Gasteiger partial charge is 0.486 e. The minimum absolute atomic E-state index is 0. The van der Waals surface area contributed by atoms with Gasteiger partial charge in [-0.1, -0.05) is 61.5 Å². The van der Waals surface area contributed by atoms with Gasteiger partial charge in [0.05, 0.1) is 12.2 Å². The maximum absolute atomic E-state index is 10.8. The van der Waals surface area contributed by atoms with Gasteiger partial charge in [-0.25, -0.2) is 4.79 Å². The smallest absolute Gasteiger partial charge is 0.341 e. The van der Waals surface area contributed by atoms with E-state index in [4.69, 9.17) is 14.6 Å². The first-order valence-corrected chi connectivity index (χ1v) is 12.5. The molecule has 1 aliphatic heterocycles. The Morgan fingerprint density at radius 1 is 1.00 bits per heavy atom. The molecular weight excluding hydrogens is 486 g/mol. The lowest BCUT2D eigenvalue weighted by molar-refractivity contribution is -0.139. The number of ether oxygens (including phenoxy) is 2. The second kappa shape index (κ2) is 12.0. The number of carbonyl (C=O) groups is 1. The van der Waals surface area contributed by atoms with E-state index in [2.05, 4.69) is 60.4 Å². The Hall–Kier alpha value is -3.70. The third-order valence-electron chi connectivity index (χ3n) is 6.86. The fourth-order valence-corrected chi connectivity index (χ4v) is 5.05. The lowest BCUT2D eigenvalue weighted by Crippen LogP contribution is -2.37. The number of benzene rings is 4. The molecule has 1 heterocycles. The molecule has 1 unspecified atom stereocenters. The van der Waals surface area contributed by atoms with Crippen LogP contribution in [0.2, 0.25) is 0 Å². The zero-order valence-corrected chi connectivity index (χ0v) is 21.7. The van der Waals surface area contributed by atoms with Gasteiger partial charge < -0.3 is 19.5 Å². The molecule has 0 bridgehead atoms. The average Bonchev–Trinajstić information content (AvgIpc) is 2.91. The second-order valence-corrected chi connectivity index (χ2v) is 9.39. The zero-order chi connectivity index (χ0) is 24.9. The van der Waals surface area contributed by atoms with Gasteiger partial charge >= 0.3 is 5.97 Å². The van der Waals surface area contributed by atoms with E-state index in [1.54, 1.807) is 0 Å². The van der Waals surface area contributed by atoms with Crippen LogP contribution >= 0.6 is 12.4 Å². The first-order valence-electron chi connectivity index (χ1n) is 12.5. The highest BCUT2D eigenvalue weighted by Crippen LogP contribution is 2.39. The van der Waals surface area contributed by atoms with Crippen LogP contribution in [-0.4, -0.2) is 30.3 Å². The summed E-state index contributed by atoms with van der Waals surface area (Å²) >= 11 is 0. The Morgan fingerprint density at radius 3 is 2.54 bits per heavy atom. The maximum atomic E-state index is 10.8. The van der Waals surface area contributed by atoms with Gasteiger partial charge in [-0.15, -0.1) is 12.4 Å². The second-order valence-electron chi connectivity index (χ2n) is 9.39. The average molecular weight is 518 g/mol. The SMILES string of the molecule is C[C@@H](CCCC1CN(c2ccc(OCC(=O)O)cc2)c2ccccc2O1)c1cccc2ccccc12.Cl. The molecule has 0 spiro atoms. The third-order valence-corrected chi connectivity index (χ3v) is 6.86. The number of carboxylic acids is 1. The predicted octanol–water partition coefficient (Wildman–Crippen LogP) is 7.60. The Bertz CT molecular complexity index is 1340. The van der Waals surface area contributed by atoms with Crippen LogP contribution in [0.25, 0.3) is 10.8 Å². The molecular formula is C31H32ClNO4. The molecule has 0 aliphatic carbocycles. The highest BCUT2D eigenvalue weighted by molar-refractivity contribution is 5.86. The van der Waals surface area contributed by atoms with Crippen LogP contribution < -0.4 is 14.4 Å². The number of nitrogens with zero attached hydrogens (tertiary/aromatic N) is 1. The number of aliphatic carboxylic acids is 1. The van der Waals surface area contributed by atoms with Crippen molar-refractivity contribution >= 4 is 40.5 Å². The molecule has 37 heavy (non-hydrogen) atoms. The van der Waals surface area contributed by atoms with E-state index >= 15 is 0 Å². The summed E-state index contributed by atoms with van der Waals surface area (Å²) in [5.41, 5.74) is 3.48. The number of hydrogen-bond donors (Lipinski definition) is 1. The Morgan fingerprint density at radius 2 is 1.73 bits per heavy atom. The first-order chi connectivity index (χ1) is 17.6. The molecule has 0 radical (unpaired) electrons. The monoisotopic (exact) mass is 517 g/mol. The normalized spacial score (nSPS) is 15.3. The van der Waals surface area contributed by atoms with Crippen LogP contribution in [0.5, 0.6) is 11.5 Å². The Balaban J connectivity index is 0.00000320. The summed E-state index contributed by atoms with van der Waals surface area (Å²) < 4.78 is 11.7. The summed E-state index contributed by atoms with van der Waals surface area (Å²) in [6.07, 6.45) is 3.24. The van der Waals surface area contributed by atoms with Crippen LogP contribution in [0.4, 0.5) is 11.4 Å². The predicted molar refractivity (Wildman–Crippen MR) is 151 cm³/mol. The van der Waals surface area contributed by atoms with E-state index in [0.29, 0.717) is 11.7 Å². The van der Waals surface area contributed by atoms with Crippen molar-refractivity contribution in [2.45, 2.75) is 38.2 Å². The van der Waals surface area contributed by atoms with E-state index in [1.807, 2.05) is 42.5 Å². The number of carboxylic acid groups (broad SMARTS) is 1. The van der Waals surface area contributed by atoms with Crippen LogP contribution in [0.1, 0.15) is 37.7 Å². The maximum Gasteiger partial charge on any atom is 0.341 e. The van der Waals surface area contributed by atoms with E-state index in [9.17, 15) is 4.79 Å². The molecule has 0 saturated heterocycles. The molecule has 0 fully saturated rings. The van der Waals surface area contributed by atoms with Gasteiger partial charge in [-0.05, 0) is 77.9 Å². The van der Waals surface area contributed by atoms with E-state index in [1.165, 1.54) is 16.3 Å². The number of anilines is 2. The van der Waals surface area contributed by atoms with Gasteiger partial charge in [0.15, 0.2) is 6.61 Å². The van der Waals surface area contributed by atoms with Crippen molar-refractivity contribution in [1.82, 2.24) is 0 Å². The quantitative estimate of drug-likeness (QED) is 0.248. The molecule has 192 valence electrons. The van der Waals surface area contributed by atoms with Gasteiger partial charge in [0.2, 0.25) is 0 Å². The van der Waals surface area contributed by atoms with Gasteiger partial charge in [0.1, 0.15) is 17.6 Å². The minimum atomic E-state index is -0.987. The standard InChI is InChI=1S/C31H31NO4.ClH/c1-22(27-13-7-10-23-9-2-3-12-28(23)27)8-6-11-26-20-32(29-14-4-5-15-30(29)36-26)24-16-18-25(19-17-24)35-21-31(33)34;/h2-5,7,9-10,12-19,22,26H,6,8,11,20-21H2,1H3,(H,33,34);1H/t22-,26?;/m0./s1. The summed E-state index contributed by atoms with van der Waals surface area (Å²) in [6.45, 7) is 2.73. The molecule has 1 N–H and O–H groups in total. The molecule has 0 saturated carbocycles. The molecule has 0 aromatic heterocycles. The highest BCUT2D eigenvalue weighted by atomic mass is 35.5. The summed E-state index contributed by atoms with van der Waals surface area (Å²) in [4.78, 5) is 13.1. The van der Waals surface area contributed by atoms with Crippen molar-refractivity contribution in [3.63, 3.8) is 0 Å². The summed E-state index contributed by atoms with van der Waals surface area (Å²) in [5.74, 6) is 0.920. The van der Waals surface area contributed by atoms with E-state index < -0.39 is 5.97 Å². The molecule has 6 heteroatoms. The molecule has 2 atom stereocenters. The zero-order valence-electron chi connectivity index (χ0n) is 20.9. The lowest BCUT2D eigenvalue weighted by atomic mass is 9.90. The van der Waals surface area contributed by atoms with Gasteiger partial charge in [0, 0.05) is 5.69 Å². The Kier molecular flexibility index (Phi) is 8.57. The Labute approximate surface area is 224 Å². The van der Waals surface area contributed by atoms with Gasteiger partial charge in [-0.2, -0.15) is 0 Å². The molecule has 5 rings (SSSR count). The molecule has 1 aliphatic rings. The number of halogens is 1. The van der Waals surface area contributed by atoms with Crippen LogP contribution in [0, 0.1) is 0 Å². The minimum Gasteiger partial charge on any atom is -0.486 e. The van der Waals surface area contributed by atoms with E-state index in [-0.39, 0.29) is 25.1 Å². The molecule has 5 nitrogen and oxygen atoms in total. The van der Waals surface area contributed by atoms with Crippen molar-refractivity contribution < 1.29 is 19.4 Å². The topological polar surface area (TPSA) is 59.0 Å². The van der Waals surface area contributed by atoms with Crippen molar-refractivity contribution in [2.75, 3.05) is 18.1 Å². The van der Waals surface area contributed by atoms with Crippen LogP contribution in [0.15, 0.2) is 91.0 Å². The van der Waals surface area contributed by atoms with Crippen molar-refractivity contribution in [2.24, 2.45) is 0 Å². The molecule has 4 aromatic carbocycles. The third kappa shape index (κ3) is 6.17. The van der Waals surface area contributed by atoms with Crippen LogP contribution in [-0.2, 0) is 4.79 Å². The molecule has 0 amide bonds. The fraction of sp³-hybridized carbons (Fsp3) is 0.258. The van der Waals surface area contributed by atoms with Crippen LogP contribution in [0.3, 0.4) is 0 Å². The fourth-order valence-electron chi connectivity index (χ4n) is 5.05. The van der Waals surface area contributed by atoms with Gasteiger partial charge in [0.25, 0.3) is 0 Å². The van der Waals surface area contributed by atoms with Crippen molar-refractivity contribution in [3.8, 4) is 11.5 Å². The number of para-hydroxylation sites is 2. The van der Waals surface area contributed by atoms with E-state index in [0.717, 1.165) is 42.9 Å².